The highest BCUT2D eigenvalue weighted by molar-refractivity contribution is 7.23. The van der Waals surface area contributed by atoms with E-state index < -0.39 is 48.0 Å². The number of nitrogen functional groups attached to an aromatic ring is 1. The molecule has 1 spiro atoms. The third-order valence-electron chi connectivity index (χ3n) is 12.3. The van der Waals surface area contributed by atoms with Crippen LogP contribution in [0.25, 0.3) is 32.1 Å². The summed E-state index contributed by atoms with van der Waals surface area (Å²) in [5.41, 5.74) is 5.26. The first-order valence-electron chi connectivity index (χ1n) is 18.3. The first kappa shape index (κ1) is 35.7. The molecule has 54 heavy (non-hydrogen) atoms. The first-order chi connectivity index (χ1) is 25.8. The van der Waals surface area contributed by atoms with Crippen molar-refractivity contribution in [1.29, 1.82) is 5.26 Å². The summed E-state index contributed by atoms with van der Waals surface area (Å²) in [7, 11) is 0. The number of hydrogen-bond donors (Lipinski definition) is 1. The Morgan fingerprint density at radius 2 is 1.89 bits per heavy atom. The molecule has 1 saturated carbocycles. The molecular formula is C38H37ClF5N7O2S. The zero-order valence-electron chi connectivity index (χ0n) is 29.2. The van der Waals surface area contributed by atoms with Crippen molar-refractivity contribution in [2.45, 2.75) is 69.0 Å². The van der Waals surface area contributed by atoms with E-state index in [0.717, 1.165) is 50.0 Å². The van der Waals surface area contributed by atoms with E-state index in [9.17, 15) is 27.6 Å². The maximum absolute atomic E-state index is 17.2. The van der Waals surface area contributed by atoms with E-state index in [1.165, 1.54) is 12.1 Å². The first-order valence-corrected chi connectivity index (χ1v) is 19.5. The van der Waals surface area contributed by atoms with Crippen molar-refractivity contribution in [1.82, 2.24) is 19.8 Å². The summed E-state index contributed by atoms with van der Waals surface area (Å²) in [6.45, 7) is 3.05. The Kier molecular flexibility index (Phi) is 8.44. The molecule has 1 aliphatic carbocycles. The van der Waals surface area contributed by atoms with Crippen molar-refractivity contribution in [3.63, 3.8) is 0 Å². The van der Waals surface area contributed by atoms with Gasteiger partial charge in [0.1, 0.15) is 41.0 Å². The second-order valence-corrected chi connectivity index (χ2v) is 17.4. The number of carbonyl (C=O) groups is 1. The number of ether oxygens (including phenoxy) is 1. The molecule has 2 N–H and O–H groups in total. The van der Waals surface area contributed by atoms with Crippen molar-refractivity contribution in [2.24, 2.45) is 11.3 Å². The number of likely N-dealkylation sites (tertiary alicyclic amines) is 1. The van der Waals surface area contributed by atoms with Crippen LogP contribution in [0.4, 0.5) is 32.8 Å². The monoisotopic (exact) mass is 785 g/mol. The van der Waals surface area contributed by atoms with Crippen molar-refractivity contribution in [3.8, 4) is 23.2 Å². The summed E-state index contributed by atoms with van der Waals surface area (Å²) in [6, 6.07) is 6.05. The quantitative estimate of drug-likeness (QED) is 0.198. The van der Waals surface area contributed by atoms with Gasteiger partial charge in [0, 0.05) is 79.7 Å². The molecule has 16 heteroatoms. The second kappa shape index (κ2) is 12.8. The highest BCUT2D eigenvalue weighted by Crippen LogP contribution is 2.49. The van der Waals surface area contributed by atoms with E-state index in [1.54, 1.807) is 11.0 Å². The molecule has 5 aliphatic rings. The molecule has 1 amide bonds. The summed E-state index contributed by atoms with van der Waals surface area (Å²) < 4.78 is 80.4. The largest absolute Gasteiger partial charge is 0.461 e. The van der Waals surface area contributed by atoms with Gasteiger partial charge in [0.15, 0.2) is 5.82 Å². The number of thiophene rings is 1. The Labute approximate surface area is 316 Å². The van der Waals surface area contributed by atoms with E-state index in [0.29, 0.717) is 50.3 Å². The molecule has 9 rings (SSSR count). The van der Waals surface area contributed by atoms with Crippen LogP contribution in [0, 0.1) is 34.3 Å². The molecular weight excluding hydrogens is 749 g/mol. The predicted octanol–water partition coefficient (Wildman–Crippen LogP) is 7.72. The Hall–Kier alpha value is -4.00. The lowest BCUT2D eigenvalue weighted by Gasteiger charge is -2.53. The van der Waals surface area contributed by atoms with Gasteiger partial charge in [-0.25, -0.2) is 22.0 Å². The summed E-state index contributed by atoms with van der Waals surface area (Å²) in [5.74, 6) is -4.74. The summed E-state index contributed by atoms with van der Waals surface area (Å²) in [4.78, 5) is 28.3. The average molecular weight is 786 g/mol. The Morgan fingerprint density at radius 3 is 2.65 bits per heavy atom. The van der Waals surface area contributed by atoms with Crippen molar-refractivity contribution >= 4 is 60.7 Å². The van der Waals surface area contributed by atoms with Crippen LogP contribution >= 0.6 is 22.9 Å². The minimum atomic E-state index is -2.79. The number of anilines is 2. The number of carbonyl (C=O) groups excluding carboxylic acids is 1. The number of nitriles is 1. The van der Waals surface area contributed by atoms with Crippen LogP contribution in [-0.4, -0.2) is 89.2 Å². The smallest absolute Gasteiger partial charge is 0.319 e. The van der Waals surface area contributed by atoms with E-state index in [4.69, 9.17) is 27.1 Å². The summed E-state index contributed by atoms with van der Waals surface area (Å²) >= 11 is 7.81. The summed E-state index contributed by atoms with van der Waals surface area (Å²) in [5, 5.41) is 10.5. The maximum Gasteiger partial charge on any atom is 0.319 e. The highest BCUT2D eigenvalue weighted by atomic mass is 35.5. The standard InChI is InChI=1S/C38H37ClF5N7O2S/c39-25-10-23-30(29(42)28(25)22-4-5-26(41)31-27(22)24(14-45)32(46)54-31)47-35(53-19-37-7-3-9-51(37)15-21(40)13-37)48-33(23)49-8-2-1-6-36(16-49)17-50(18-36)34(52)20-11-38(43,44)12-20/h4-5,10,20-21H,1-3,6-9,11-13,15-19,46H2/t21-,37+/m1/s1. The lowest BCUT2D eigenvalue weighted by molar-refractivity contribution is -0.170. The predicted molar refractivity (Wildman–Crippen MR) is 196 cm³/mol. The lowest BCUT2D eigenvalue weighted by atomic mass is 9.73. The highest BCUT2D eigenvalue weighted by Gasteiger charge is 2.54. The zero-order valence-corrected chi connectivity index (χ0v) is 30.8. The third-order valence-corrected chi connectivity index (χ3v) is 13.6. The number of rotatable bonds is 6. The van der Waals surface area contributed by atoms with E-state index in [-0.39, 0.29) is 66.3 Å². The molecule has 0 unspecified atom stereocenters. The van der Waals surface area contributed by atoms with Gasteiger partial charge >= 0.3 is 6.01 Å². The van der Waals surface area contributed by atoms with Gasteiger partial charge in [-0.15, -0.1) is 11.3 Å². The number of amides is 1. The second-order valence-electron chi connectivity index (χ2n) is 15.9. The van der Waals surface area contributed by atoms with Crippen LogP contribution in [0.2, 0.25) is 5.02 Å². The molecule has 2 atom stereocenters. The van der Waals surface area contributed by atoms with Gasteiger partial charge in [0.25, 0.3) is 0 Å². The lowest BCUT2D eigenvalue weighted by Crippen LogP contribution is -2.64. The van der Waals surface area contributed by atoms with Gasteiger partial charge in [-0.05, 0) is 49.9 Å². The molecule has 284 valence electrons. The van der Waals surface area contributed by atoms with E-state index >= 15 is 4.39 Å². The number of nitrogens with two attached hydrogens (primary N) is 1. The van der Waals surface area contributed by atoms with Crippen LogP contribution in [0.5, 0.6) is 6.01 Å². The van der Waals surface area contributed by atoms with Gasteiger partial charge in [-0.3, -0.25) is 9.69 Å². The van der Waals surface area contributed by atoms with Gasteiger partial charge in [-0.1, -0.05) is 24.1 Å². The van der Waals surface area contributed by atoms with E-state index in [1.807, 2.05) is 11.0 Å². The zero-order chi connectivity index (χ0) is 37.7. The molecule has 0 radical (unpaired) electrons. The van der Waals surface area contributed by atoms with Gasteiger partial charge in [-0.2, -0.15) is 15.2 Å². The number of nitrogens with zero attached hydrogens (tertiary/aromatic N) is 6. The van der Waals surface area contributed by atoms with Gasteiger partial charge < -0.3 is 20.3 Å². The molecule has 4 aromatic rings. The fraction of sp³-hybridized carbons (Fsp3) is 0.526. The molecule has 4 aliphatic heterocycles. The molecule has 9 nitrogen and oxygen atoms in total. The van der Waals surface area contributed by atoms with Crippen molar-refractivity contribution < 1.29 is 31.5 Å². The van der Waals surface area contributed by atoms with Crippen LogP contribution in [-0.2, 0) is 4.79 Å². The fourth-order valence-electron chi connectivity index (χ4n) is 9.69. The minimum Gasteiger partial charge on any atom is -0.461 e. The van der Waals surface area contributed by atoms with Crippen LogP contribution in [0.1, 0.15) is 56.9 Å². The number of alkyl halides is 3. The third kappa shape index (κ3) is 5.73. The molecule has 0 bridgehead atoms. The SMILES string of the molecule is N#Cc1c(N)sc2c(F)ccc(-c3c(Cl)cc4c(N5CCCCC6(CN(C(=O)C7CC(F)(F)C7)C6)C5)nc(OC[C@@]56CCCN5C[C@H](F)C6)nc4c3F)c12. The molecule has 2 aromatic heterocycles. The Balaban J connectivity index is 1.12. The molecule has 5 fully saturated rings. The van der Waals surface area contributed by atoms with Crippen LogP contribution in [0.3, 0.4) is 0 Å². The van der Waals surface area contributed by atoms with Crippen LogP contribution < -0.4 is 15.4 Å². The van der Waals surface area contributed by atoms with Crippen molar-refractivity contribution in [2.75, 3.05) is 56.5 Å². The maximum atomic E-state index is 17.2. The van der Waals surface area contributed by atoms with Gasteiger partial charge in [0.2, 0.25) is 11.8 Å². The van der Waals surface area contributed by atoms with Gasteiger partial charge in [0.05, 0.1) is 20.8 Å². The summed E-state index contributed by atoms with van der Waals surface area (Å²) in [6.07, 6.45) is 2.60. The number of fused-ring (bicyclic) bond motifs is 3. The normalized spacial score (nSPS) is 25.1. The molecule has 4 saturated heterocycles. The number of benzene rings is 2. The fourth-order valence-corrected chi connectivity index (χ4v) is 10.9. The van der Waals surface area contributed by atoms with Crippen molar-refractivity contribution in [3.05, 3.63) is 40.4 Å². The topological polar surface area (TPSA) is 112 Å². The Bertz CT molecular complexity index is 2250. The van der Waals surface area contributed by atoms with Crippen LogP contribution in [0.15, 0.2) is 18.2 Å². The number of halogens is 6. The average Bonchev–Trinajstić information content (AvgIpc) is 3.68. The number of aromatic nitrogens is 2. The minimum absolute atomic E-state index is 0.0113. The molecule has 6 heterocycles. The van der Waals surface area contributed by atoms with E-state index in [2.05, 4.69) is 9.88 Å². The Morgan fingerprint density at radius 1 is 1.09 bits per heavy atom. The molecule has 2 aromatic carbocycles. The number of hydrogen-bond acceptors (Lipinski definition) is 9.